The van der Waals surface area contributed by atoms with Gasteiger partial charge in [0.2, 0.25) is 5.89 Å². The third-order valence-corrected chi connectivity index (χ3v) is 3.17. The van der Waals surface area contributed by atoms with E-state index in [2.05, 4.69) is 20.8 Å². The van der Waals surface area contributed by atoms with Crippen molar-refractivity contribution < 1.29 is 18.8 Å². The molecule has 0 fully saturated rings. The van der Waals surface area contributed by atoms with Crippen LogP contribution in [0.5, 0.6) is 11.5 Å². The van der Waals surface area contributed by atoms with Crippen molar-refractivity contribution in [3.05, 3.63) is 35.5 Å². The number of rotatable bonds is 7. The molecule has 1 aromatic carbocycles. The van der Waals surface area contributed by atoms with Crippen LogP contribution in [0.3, 0.4) is 0 Å². The Hall–Kier alpha value is -2.77. The standard InChI is InChI=1S/C15H20N4O4/c1-16-15(20)17-7-6-14-18-13(19-23-14)9-10-4-5-11(21-2)12(8-10)22-3/h4-5,8H,6-7,9H2,1-3H3,(H2,16,17,20). The van der Waals surface area contributed by atoms with Crippen LogP contribution in [-0.2, 0) is 12.8 Å². The van der Waals surface area contributed by atoms with Gasteiger partial charge in [-0.05, 0) is 17.7 Å². The zero-order valence-corrected chi connectivity index (χ0v) is 13.4. The molecule has 0 aliphatic carbocycles. The number of methoxy groups -OCH3 is 2. The predicted molar refractivity (Wildman–Crippen MR) is 82.8 cm³/mol. The van der Waals surface area contributed by atoms with E-state index in [1.54, 1.807) is 21.3 Å². The Morgan fingerprint density at radius 2 is 2.04 bits per heavy atom. The minimum atomic E-state index is -0.241. The highest BCUT2D eigenvalue weighted by atomic mass is 16.5. The number of carbonyl (C=O) groups is 1. The monoisotopic (exact) mass is 320 g/mol. The Morgan fingerprint density at radius 3 is 2.74 bits per heavy atom. The van der Waals surface area contributed by atoms with Gasteiger partial charge in [0.1, 0.15) is 0 Å². The highest BCUT2D eigenvalue weighted by Gasteiger charge is 2.10. The van der Waals surface area contributed by atoms with Crippen molar-refractivity contribution in [3.63, 3.8) is 0 Å². The van der Waals surface area contributed by atoms with Gasteiger partial charge in [0, 0.05) is 26.4 Å². The van der Waals surface area contributed by atoms with Gasteiger partial charge in [0.15, 0.2) is 17.3 Å². The van der Waals surface area contributed by atoms with Crippen LogP contribution in [0.1, 0.15) is 17.3 Å². The smallest absolute Gasteiger partial charge is 0.314 e. The number of nitrogens with one attached hydrogen (secondary N) is 2. The number of urea groups is 1. The van der Waals surface area contributed by atoms with Crippen LogP contribution in [0.2, 0.25) is 0 Å². The van der Waals surface area contributed by atoms with Gasteiger partial charge < -0.3 is 24.6 Å². The molecule has 8 heteroatoms. The van der Waals surface area contributed by atoms with Crippen molar-refractivity contribution in [2.24, 2.45) is 0 Å². The van der Waals surface area contributed by atoms with Crippen LogP contribution in [0, 0.1) is 0 Å². The first-order valence-corrected chi connectivity index (χ1v) is 7.14. The number of ether oxygens (including phenoxy) is 2. The Balaban J connectivity index is 1.95. The number of aromatic nitrogens is 2. The molecule has 0 unspecified atom stereocenters. The fourth-order valence-electron chi connectivity index (χ4n) is 2.01. The van der Waals surface area contributed by atoms with Crippen molar-refractivity contribution in [2.45, 2.75) is 12.8 Å². The minimum Gasteiger partial charge on any atom is -0.493 e. The van der Waals surface area contributed by atoms with Gasteiger partial charge in [-0.15, -0.1) is 0 Å². The molecule has 0 saturated heterocycles. The Kier molecular flexibility index (Phi) is 5.79. The Bertz CT molecular complexity index is 657. The quantitative estimate of drug-likeness (QED) is 0.794. The molecule has 0 aliphatic rings. The summed E-state index contributed by atoms with van der Waals surface area (Å²) in [6.07, 6.45) is 0.999. The third kappa shape index (κ3) is 4.60. The third-order valence-electron chi connectivity index (χ3n) is 3.17. The molecule has 0 spiro atoms. The second kappa shape index (κ2) is 8.02. The van der Waals surface area contributed by atoms with Crippen molar-refractivity contribution in [1.82, 2.24) is 20.8 Å². The normalized spacial score (nSPS) is 10.2. The first-order valence-electron chi connectivity index (χ1n) is 7.14. The topological polar surface area (TPSA) is 98.5 Å². The van der Waals surface area contributed by atoms with Gasteiger partial charge in [-0.2, -0.15) is 4.98 Å². The lowest BCUT2D eigenvalue weighted by Crippen LogP contribution is -2.34. The van der Waals surface area contributed by atoms with E-state index in [4.69, 9.17) is 14.0 Å². The van der Waals surface area contributed by atoms with E-state index in [1.165, 1.54) is 0 Å². The summed E-state index contributed by atoms with van der Waals surface area (Å²) in [5, 5.41) is 9.07. The van der Waals surface area contributed by atoms with Gasteiger partial charge in [0.05, 0.1) is 14.2 Å². The first kappa shape index (κ1) is 16.6. The highest BCUT2D eigenvalue weighted by molar-refractivity contribution is 5.73. The molecule has 2 N–H and O–H groups in total. The van der Waals surface area contributed by atoms with Crippen LogP contribution in [0.15, 0.2) is 22.7 Å². The maximum absolute atomic E-state index is 11.1. The summed E-state index contributed by atoms with van der Waals surface area (Å²) in [5.74, 6) is 2.39. The zero-order valence-electron chi connectivity index (χ0n) is 13.4. The van der Waals surface area contributed by atoms with Crippen LogP contribution in [0.25, 0.3) is 0 Å². The molecule has 2 aromatic rings. The van der Waals surface area contributed by atoms with E-state index in [0.717, 1.165) is 5.56 Å². The number of benzene rings is 1. The largest absolute Gasteiger partial charge is 0.493 e. The van der Waals surface area contributed by atoms with Crippen molar-refractivity contribution in [2.75, 3.05) is 27.8 Å². The molecule has 8 nitrogen and oxygen atoms in total. The SMILES string of the molecule is CNC(=O)NCCc1nc(Cc2ccc(OC)c(OC)c2)no1. The second-order valence-electron chi connectivity index (χ2n) is 4.73. The molecular formula is C15H20N4O4. The van der Waals surface area contributed by atoms with E-state index in [-0.39, 0.29) is 6.03 Å². The minimum absolute atomic E-state index is 0.241. The molecule has 0 bridgehead atoms. The van der Waals surface area contributed by atoms with Crippen LogP contribution < -0.4 is 20.1 Å². The molecule has 1 aromatic heterocycles. The average molecular weight is 320 g/mol. The molecule has 124 valence electrons. The molecule has 2 amide bonds. The Morgan fingerprint density at radius 1 is 1.26 bits per heavy atom. The Labute approximate surface area is 134 Å². The molecule has 2 rings (SSSR count). The highest BCUT2D eigenvalue weighted by Crippen LogP contribution is 2.28. The number of carbonyl (C=O) groups excluding carboxylic acids is 1. The summed E-state index contributed by atoms with van der Waals surface area (Å²) in [7, 11) is 4.74. The molecule has 0 aliphatic heterocycles. The lowest BCUT2D eigenvalue weighted by atomic mass is 10.1. The van der Waals surface area contributed by atoms with E-state index in [1.807, 2.05) is 18.2 Å². The molecule has 0 saturated carbocycles. The van der Waals surface area contributed by atoms with E-state index in [9.17, 15) is 4.79 Å². The number of hydrogen-bond acceptors (Lipinski definition) is 6. The van der Waals surface area contributed by atoms with Crippen LogP contribution in [0.4, 0.5) is 4.79 Å². The summed E-state index contributed by atoms with van der Waals surface area (Å²) in [6.45, 7) is 0.428. The fraction of sp³-hybridized carbons (Fsp3) is 0.400. The lowest BCUT2D eigenvalue weighted by Gasteiger charge is -2.08. The summed E-state index contributed by atoms with van der Waals surface area (Å²) in [5.41, 5.74) is 0.985. The second-order valence-corrected chi connectivity index (χ2v) is 4.73. The van der Waals surface area contributed by atoms with Gasteiger partial charge >= 0.3 is 6.03 Å². The zero-order chi connectivity index (χ0) is 16.7. The van der Waals surface area contributed by atoms with E-state index >= 15 is 0 Å². The molecule has 1 heterocycles. The maximum atomic E-state index is 11.1. The van der Waals surface area contributed by atoms with Crippen LogP contribution >= 0.6 is 0 Å². The molecular weight excluding hydrogens is 300 g/mol. The average Bonchev–Trinajstić information content (AvgIpc) is 3.01. The number of nitrogens with zero attached hydrogens (tertiary/aromatic N) is 2. The number of amides is 2. The van der Waals surface area contributed by atoms with E-state index in [0.29, 0.717) is 42.6 Å². The van der Waals surface area contributed by atoms with Gasteiger partial charge in [-0.25, -0.2) is 4.79 Å². The summed E-state index contributed by atoms with van der Waals surface area (Å²) in [6, 6.07) is 5.39. The first-order chi connectivity index (χ1) is 11.2. The number of hydrogen-bond donors (Lipinski definition) is 2. The van der Waals surface area contributed by atoms with Crippen LogP contribution in [-0.4, -0.2) is 44.0 Å². The summed E-state index contributed by atoms with van der Waals surface area (Å²) >= 11 is 0. The molecule has 0 atom stereocenters. The maximum Gasteiger partial charge on any atom is 0.314 e. The molecule has 23 heavy (non-hydrogen) atoms. The fourth-order valence-corrected chi connectivity index (χ4v) is 2.01. The van der Waals surface area contributed by atoms with Gasteiger partial charge in [-0.3, -0.25) is 0 Å². The summed E-state index contributed by atoms with van der Waals surface area (Å²) in [4.78, 5) is 15.4. The van der Waals surface area contributed by atoms with Crippen molar-refractivity contribution >= 4 is 6.03 Å². The predicted octanol–water partition coefficient (Wildman–Crippen LogP) is 1.15. The lowest BCUT2D eigenvalue weighted by molar-refractivity contribution is 0.242. The van der Waals surface area contributed by atoms with Crippen molar-refractivity contribution in [1.29, 1.82) is 0 Å². The van der Waals surface area contributed by atoms with E-state index < -0.39 is 0 Å². The van der Waals surface area contributed by atoms with Gasteiger partial charge in [-0.1, -0.05) is 11.2 Å². The van der Waals surface area contributed by atoms with Crippen molar-refractivity contribution in [3.8, 4) is 11.5 Å². The molecule has 0 radical (unpaired) electrons. The summed E-state index contributed by atoms with van der Waals surface area (Å²) < 4.78 is 15.6. The van der Waals surface area contributed by atoms with Gasteiger partial charge in [0.25, 0.3) is 0 Å².